The third kappa shape index (κ3) is 3.47. The Hall–Kier alpha value is -2.56. The van der Waals surface area contributed by atoms with Gasteiger partial charge in [-0.25, -0.2) is 5.43 Å². The summed E-state index contributed by atoms with van der Waals surface area (Å²) in [5, 5.41) is 4.06. The molecule has 0 unspecified atom stereocenters. The van der Waals surface area contributed by atoms with Gasteiger partial charge in [-0.1, -0.05) is 0 Å². The predicted octanol–water partition coefficient (Wildman–Crippen LogP) is 2.57. The van der Waals surface area contributed by atoms with Gasteiger partial charge < -0.3 is 9.72 Å². The maximum atomic E-state index is 11.9. The Balaban J connectivity index is 1.99. The van der Waals surface area contributed by atoms with Crippen molar-refractivity contribution in [3.63, 3.8) is 0 Å². The average molecular weight is 271 g/mol. The highest BCUT2D eigenvalue weighted by Crippen LogP contribution is 2.11. The number of H-pyrrole nitrogens is 1. The number of aromatic nitrogens is 1. The van der Waals surface area contributed by atoms with E-state index in [1.54, 1.807) is 24.3 Å². The molecule has 0 fully saturated rings. The number of amides is 1. The predicted molar refractivity (Wildman–Crippen MR) is 78.1 cm³/mol. The molecule has 0 aliphatic rings. The van der Waals surface area contributed by atoms with Crippen LogP contribution in [0.4, 0.5) is 0 Å². The Morgan fingerprint density at radius 2 is 2.05 bits per heavy atom. The molecule has 1 heterocycles. The molecule has 20 heavy (non-hydrogen) atoms. The average Bonchev–Trinajstić information content (AvgIpc) is 3.00. The molecule has 1 amide bonds. The van der Waals surface area contributed by atoms with Crippen LogP contribution in [0.25, 0.3) is 0 Å². The maximum Gasteiger partial charge on any atom is 0.271 e. The first kappa shape index (κ1) is 13.9. The van der Waals surface area contributed by atoms with Gasteiger partial charge in [0.1, 0.15) is 5.75 Å². The molecule has 1 aromatic carbocycles. The Labute approximate surface area is 117 Å². The lowest BCUT2D eigenvalue weighted by molar-refractivity contribution is 0.0955. The van der Waals surface area contributed by atoms with Gasteiger partial charge in [-0.15, -0.1) is 0 Å². The minimum Gasteiger partial charge on any atom is -0.494 e. The molecule has 5 heteroatoms. The van der Waals surface area contributed by atoms with Gasteiger partial charge in [0, 0.05) is 11.8 Å². The highest BCUT2D eigenvalue weighted by Gasteiger charge is 2.05. The highest BCUT2D eigenvalue weighted by molar-refractivity contribution is 5.99. The second-order valence-corrected chi connectivity index (χ2v) is 4.18. The van der Waals surface area contributed by atoms with Gasteiger partial charge in [0.2, 0.25) is 0 Å². The largest absolute Gasteiger partial charge is 0.494 e. The first-order valence-electron chi connectivity index (χ1n) is 6.42. The minimum atomic E-state index is -0.251. The molecule has 0 spiro atoms. The summed E-state index contributed by atoms with van der Waals surface area (Å²) in [6, 6.07) is 10.7. The van der Waals surface area contributed by atoms with E-state index in [1.807, 2.05) is 32.2 Å². The zero-order chi connectivity index (χ0) is 14.4. The van der Waals surface area contributed by atoms with Crippen molar-refractivity contribution < 1.29 is 9.53 Å². The van der Waals surface area contributed by atoms with Gasteiger partial charge >= 0.3 is 0 Å². The number of benzene rings is 1. The van der Waals surface area contributed by atoms with Crippen molar-refractivity contribution >= 4 is 11.6 Å². The molecule has 0 aliphatic heterocycles. The Morgan fingerprint density at radius 1 is 1.30 bits per heavy atom. The topological polar surface area (TPSA) is 66.5 Å². The normalized spacial score (nSPS) is 11.2. The van der Waals surface area contributed by atoms with Gasteiger partial charge in [-0.05, 0) is 50.2 Å². The van der Waals surface area contributed by atoms with Crippen LogP contribution in [0.1, 0.15) is 29.9 Å². The van der Waals surface area contributed by atoms with Crippen molar-refractivity contribution in [2.45, 2.75) is 13.8 Å². The summed E-state index contributed by atoms with van der Waals surface area (Å²) in [6.45, 7) is 4.34. The van der Waals surface area contributed by atoms with Crippen LogP contribution in [0.15, 0.2) is 47.7 Å². The summed E-state index contributed by atoms with van der Waals surface area (Å²) < 4.78 is 5.32. The number of carbonyl (C=O) groups excluding carboxylic acids is 1. The van der Waals surface area contributed by atoms with Gasteiger partial charge in [-0.3, -0.25) is 4.79 Å². The van der Waals surface area contributed by atoms with E-state index in [2.05, 4.69) is 15.5 Å². The number of hydrogen-bond donors (Lipinski definition) is 2. The molecule has 2 N–H and O–H groups in total. The van der Waals surface area contributed by atoms with E-state index in [0.29, 0.717) is 17.9 Å². The molecule has 0 aliphatic carbocycles. The van der Waals surface area contributed by atoms with Crippen molar-refractivity contribution in [3.8, 4) is 5.75 Å². The number of hydrogen-bond acceptors (Lipinski definition) is 3. The summed E-state index contributed by atoms with van der Waals surface area (Å²) in [4.78, 5) is 14.9. The number of carbonyl (C=O) groups is 1. The maximum absolute atomic E-state index is 11.9. The third-order valence-corrected chi connectivity index (χ3v) is 2.74. The van der Waals surface area contributed by atoms with Crippen LogP contribution in [0.3, 0.4) is 0 Å². The van der Waals surface area contributed by atoms with Crippen LogP contribution in [-0.2, 0) is 0 Å². The van der Waals surface area contributed by atoms with Gasteiger partial charge in [0.25, 0.3) is 5.91 Å². The molecule has 0 atom stereocenters. The minimum absolute atomic E-state index is 0.251. The molecule has 2 rings (SSSR count). The van der Waals surface area contributed by atoms with Crippen LogP contribution in [-0.4, -0.2) is 23.2 Å². The quantitative estimate of drug-likeness (QED) is 0.648. The fraction of sp³-hybridized carbons (Fsp3) is 0.200. The zero-order valence-corrected chi connectivity index (χ0v) is 11.5. The summed E-state index contributed by atoms with van der Waals surface area (Å²) in [6.07, 6.45) is 1.81. The van der Waals surface area contributed by atoms with E-state index < -0.39 is 0 Å². The number of hydrazone groups is 1. The lowest BCUT2D eigenvalue weighted by Crippen LogP contribution is -2.19. The molecule has 0 saturated heterocycles. The van der Waals surface area contributed by atoms with Crippen molar-refractivity contribution in [1.82, 2.24) is 10.4 Å². The molecule has 1 aromatic heterocycles. The van der Waals surface area contributed by atoms with E-state index in [4.69, 9.17) is 4.74 Å². The van der Waals surface area contributed by atoms with Crippen LogP contribution in [0, 0.1) is 0 Å². The summed E-state index contributed by atoms with van der Waals surface area (Å²) >= 11 is 0. The summed E-state index contributed by atoms with van der Waals surface area (Å²) in [7, 11) is 0. The number of nitrogens with one attached hydrogen (secondary N) is 2. The highest BCUT2D eigenvalue weighted by atomic mass is 16.5. The summed E-state index contributed by atoms with van der Waals surface area (Å²) in [5.74, 6) is 0.495. The van der Waals surface area contributed by atoms with Gasteiger partial charge in [0.05, 0.1) is 18.0 Å². The van der Waals surface area contributed by atoms with E-state index in [1.165, 1.54) is 0 Å². The van der Waals surface area contributed by atoms with Crippen LogP contribution in [0.2, 0.25) is 0 Å². The summed E-state index contributed by atoms with van der Waals surface area (Å²) in [5.41, 5.74) is 4.65. The Bertz CT molecular complexity index is 586. The van der Waals surface area contributed by atoms with Gasteiger partial charge in [0.15, 0.2) is 0 Å². The fourth-order valence-electron chi connectivity index (χ4n) is 1.68. The van der Waals surface area contributed by atoms with E-state index in [0.717, 1.165) is 11.4 Å². The second-order valence-electron chi connectivity index (χ2n) is 4.18. The standard InChI is InChI=1S/C15H17N3O2/c1-3-20-13-8-6-12(7-9-13)15(19)18-17-11(2)14-5-4-10-16-14/h4-10,16H,3H2,1-2H3,(H,18,19)/b17-11+. The number of ether oxygens (including phenoxy) is 1. The van der Waals surface area contributed by atoms with E-state index in [9.17, 15) is 4.79 Å². The van der Waals surface area contributed by atoms with Gasteiger partial charge in [-0.2, -0.15) is 5.10 Å². The molecule has 0 radical (unpaired) electrons. The fourth-order valence-corrected chi connectivity index (χ4v) is 1.68. The molecular formula is C15H17N3O2. The molecule has 5 nitrogen and oxygen atoms in total. The van der Waals surface area contributed by atoms with Crippen LogP contribution >= 0.6 is 0 Å². The number of nitrogens with zero attached hydrogens (tertiary/aromatic N) is 1. The lowest BCUT2D eigenvalue weighted by Gasteiger charge is -2.04. The van der Waals surface area contributed by atoms with Crippen molar-refractivity contribution in [2.24, 2.45) is 5.10 Å². The SMILES string of the molecule is CCOc1ccc(C(=O)N/N=C(\C)c2ccc[nH]2)cc1. The molecule has 2 aromatic rings. The number of rotatable bonds is 5. The smallest absolute Gasteiger partial charge is 0.271 e. The second kappa shape index (κ2) is 6.56. The van der Waals surface area contributed by atoms with Crippen molar-refractivity contribution in [3.05, 3.63) is 53.9 Å². The van der Waals surface area contributed by atoms with Crippen LogP contribution in [0.5, 0.6) is 5.75 Å². The third-order valence-electron chi connectivity index (χ3n) is 2.74. The van der Waals surface area contributed by atoms with Crippen molar-refractivity contribution in [2.75, 3.05) is 6.61 Å². The van der Waals surface area contributed by atoms with Crippen molar-refractivity contribution in [1.29, 1.82) is 0 Å². The zero-order valence-electron chi connectivity index (χ0n) is 11.5. The first-order valence-corrected chi connectivity index (χ1v) is 6.42. The first-order chi connectivity index (χ1) is 9.70. The molecule has 0 saturated carbocycles. The molecule has 0 bridgehead atoms. The van der Waals surface area contributed by atoms with E-state index >= 15 is 0 Å². The molecule has 104 valence electrons. The van der Waals surface area contributed by atoms with Crippen LogP contribution < -0.4 is 10.2 Å². The number of aromatic amines is 1. The monoisotopic (exact) mass is 271 g/mol. The van der Waals surface area contributed by atoms with E-state index in [-0.39, 0.29) is 5.91 Å². The Kier molecular flexibility index (Phi) is 4.55. The Morgan fingerprint density at radius 3 is 2.65 bits per heavy atom. The lowest BCUT2D eigenvalue weighted by atomic mass is 10.2. The molecular weight excluding hydrogens is 254 g/mol.